The zero-order chi connectivity index (χ0) is 18.1. The van der Waals surface area contributed by atoms with E-state index in [1.165, 1.54) is 42.4 Å². The molecule has 2 aliphatic rings. The topological polar surface area (TPSA) is 44.5 Å². The lowest BCUT2D eigenvalue weighted by Gasteiger charge is -2.43. The maximum absolute atomic E-state index is 6.51. The second-order valence-corrected chi connectivity index (χ2v) is 7.83. The van der Waals surface area contributed by atoms with E-state index < -0.39 is 0 Å². The van der Waals surface area contributed by atoms with Gasteiger partial charge in [0.1, 0.15) is 11.5 Å². The summed E-state index contributed by atoms with van der Waals surface area (Å²) >= 11 is 0. The van der Waals surface area contributed by atoms with E-state index >= 15 is 0 Å². The van der Waals surface area contributed by atoms with Crippen molar-refractivity contribution in [3.8, 4) is 11.5 Å². The van der Waals surface area contributed by atoms with Crippen molar-refractivity contribution in [2.75, 3.05) is 20.0 Å². The molecule has 0 saturated heterocycles. The summed E-state index contributed by atoms with van der Waals surface area (Å²) in [4.78, 5) is 0. The van der Waals surface area contributed by atoms with Crippen LogP contribution in [0.2, 0.25) is 0 Å². The first-order chi connectivity index (χ1) is 12.7. The molecule has 0 aromatic heterocycles. The number of hydrogen-bond donors (Lipinski definition) is 1. The molecule has 1 saturated carbocycles. The van der Waals surface area contributed by atoms with E-state index in [0.717, 1.165) is 35.9 Å². The van der Waals surface area contributed by atoms with E-state index in [4.69, 9.17) is 15.2 Å². The predicted molar refractivity (Wildman–Crippen MR) is 106 cm³/mol. The molecule has 3 atom stereocenters. The van der Waals surface area contributed by atoms with Gasteiger partial charge in [0, 0.05) is 0 Å². The van der Waals surface area contributed by atoms with Gasteiger partial charge in [-0.15, -0.1) is 0 Å². The van der Waals surface area contributed by atoms with Crippen molar-refractivity contribution in [3.63, 3.8) is 0 Å². The number of rotatable bonds is 4. The van der Waals surface area contributed by atoms with Crippen LogP contribution in [0.1, 0.15) is 48.3 Å². The zero-order valence-electron chi connectivity index (χ0n) is 15.8. The predicted octanol–water partition coefficient (Wildman–Crippen LogP) is 4.97. The fraction of sp³-hybridized carbons (Fsp3) is 0.478. The monoisotopic (exact) mass is 351 g/mol. The summed E-state index contributed by atoms with van der Waals surface area (Å²) in [5.74, 6) is 3.77. The van der Waals surface area contributed by atoms with Crippen molar-refractivity contribution < 1.29 is 9.47 Å². The number of fused-ring (bicyclic) bond motifs is 3. The summed E-state index contributed by atoms with van der Waals surface area (Å²) < 4.78 is 10.8. The van der Waals surface area contributed by atoms with Crippen molar-refractivity contribution in [1.82, 2.24) is 0 Å². The summed E-state index contributed by atoms with van der Waals surface area (Å²) in [5, 5.41) is 0. The fourth-order valence-electron chi connectivity index (χ4n) is 5.26. The van der Waals surface area contributed by atoms with Crippen molar-refractivity contribution >= 4 is 5.69 Å². The highest BCUT2D eigenvalue weighted by atomic mass is 16.5. The molecule has 2 aromatic rings. The van der Waals surface area contributed by atoms with E-state index in [2.05, 4.69) is 30.3 Å². The Kier molecular flexibility index (Phi) is 4.80. The van der Waals surface area contributed by atoms with Crippen LogP contribution < -0.4 is 15.2 Å². The minimum atomic E-state index is 0.589. The minimum Gasteiger partial charge on any atom is -0.497 e. The molecule has 3 nitrogen and oxygen atoms in total. The summed E-state index contributed by atoms with van der Waals surface area (Å²) in [6.07, 6.45) is 7.50. The van der Waals surface area contributed by atoms with Crippen molar-refractivity contribution in [2.45, 2.75) is 44.4 Å². The zero-order valence-corrected chi connectivity index (χ0v) is 15.8. The van der Waals surface area contributed by atoms with Gasteiger partial charge in [-0.25, -0.2) is 0 Å². The molecule has 26 heavy (non-hydrogen) atoms. The van der Waals surface area contributed by atoms with Crippen LogP contribution in [0.5, 0.6) is 11.5 Å². The normalized spacial score (nSPS) is 24.5. The molecule has 0 bridgehead atoms. The maximum Gasteiger partial charge on any atom is 0.142 e. The van der Waals surface area contributed by atoms with Gasteiger partial charge in [-0.3, -0.25) is 0 Å². The third kappa shape index (κ3) is 3.04. The lowest BCUT2D eigenvalue weighted by molar-refractivity contribution is 0.193. The van der Waals surface area contributed by atoms with Crippen LogP contribution in [0.3, 0.4) is 0 Å². The van der Waals surface area contributed by atoms with E-state index in [1.807, 2.05) is 6.07 Å². The molecule has 3 heteroatoms. The molecule has 2 N–H and O–H groups in total. The van der Waals surface area contributed by atoms with E-state index in [9.17, 15) is 0 Å². The van der Waals surface area contributed by atoms with Crippen LogP contribution in [0.15, 0.2) is 36.4 Å². The summed E-state index contributed by atoms with van der Waals surface area (Å²) in [5.41, 5.74) is 11.6. The van der Waals surface area contributed by atoms with Crippen LogP contribution in [-0.4, -0.2) is 14.2 Å². The van der Waals surface area contributed by atoms with Crippen LogP contribution in [0.25, 0.3) is 0 Å². The third-order valence-electron chi connectivity index (χ3n) is 6.49. The third-order valence-corrected chi connectivity index (χ3v) is 6.49. The second-order valence-electron chi connectivity index (χ2n) is 7.83. The molecular weight excluding hydrogens is 322 g/mol. The highest BCUT2D eigenvalue weighted by molar-refractivity contribution is 5.63. The minimum absolute atomic E-state index is 0.589. The molecule has 0 unspecified atom stereocenters. The van der Waals surface area contributed by atoms with Gasteiger partial charge in [-0.1, -0.05) is 31.0 Å². The number of anilines is 1. The molecule has 2 aromatic carbocycles. The van der Waals surface area contributed by atoms with Crippen molar-refractivity contribution in [3.05, 3.63) is 53.1 Å². The standard InChI is InChI=1S/C23H29NO2/c1-25-18-10-7-15(8-11-18)13-17-14-16-9-12-21(26-2)23(24)22(16)20-6-4-3-5-19(17)20/h7-12,17,19-20H,3-6,13-14,24H2,1-2H3/t17-,19-,20-/m1/s1. The first-order valence-electron chi connectivity index (χ1n) is 9.79. The van der Waals surface area contributed by atoms with Gasteiger partial charge in [0.25, 0.3) is 0 Å². The number of benzene rings is 2. The van der Waals surface area contributed by atoms with Crippen LogP contribution in [-0.2, 0) is 12.8 Å². The molecule has 138 valence electrons. The smallest absolute Gasteiger partial charge is 0.142 e. The Balaban J connectivity index is 1.65. The fourth-order valence-corrected chi connectivity index (χ4v) is 5.26. The molecule has 0 spiro atoms. The van der Waals surface area contributed by atoms with E-state index in [0.29, 0.717) is 11.8 Å². The van der Waals surface area contributed by atoms with Crippen LogP contribution in [0, 0.1) is 11.8 Å². The van der Waals surface area contributed by atoms with E-state index in [1.54, 1.807) is 14.2 Å². The van der Waals surface area contributed by atoms with Gasteiger partial charge in [0.2, 0.25) is 0 Å². The van der Waals surface area contributed by atoms with Crippen LogP contribution >= 0.6 is 0 Å². The summed E-state index contributed by atoms with van der Waals surface area (Å²) in [6, 6.07) is 12.9. The Morgan fingerprint density at radius 1 is 0.962 bits per heavy atom. The Morgan fingerprint density at radius 3 is 2.46 bits per heavy atom. The average molecular weight is 351 g/mol. The number of ether oxygens (including phenoxy) is 2. The van der Waals surface area contributed by atoms with Crippen LogP contribution in [0.4, 0.5) is 5.69 Å². The maximum atomic E-state index is 6.51. The molecule has 0 heterocycles. The lowest BCUT2D eigenvalue weighted by Crippen LogP contribution is -2.34. The number of hydrogen-bond acceptors (Lipinski definition) is 3. The lowest BCUT2D eigenvalue weighted by atomic mass is 9.61. The van der Waals surface area contributed by atoms with E-state index in [-0.39, 0.29) is 0 Å². The molecule has 4 rings (SSSR count). The highest BCUT2D eigenvalue weighted by Crippen LogP contribution is 2.51. The van der Waals surface area contributed by atoms with Gasteiger partial charge in [0.05, 0.1) is 19.9 Å². The van der Waals surface area contributed by atoms with Gasteiger partial charge in [-0.2, -0.15) is 0 Å². The van der Waals surface area contributed by atoms with Gasteiger partial charge in [-0.05, 0) is 78.3 Å². The average Bonchev–Trinajstić information content (AvgIpc) is 2.69. The quantitative estimate of drug-likeness (QED) is 0.791. The first-order valence-corrected chi connectivity index (χ1v) is 9.79. The Morgan fingerprint density at radius 2 is 1.73 bits per heavy atom. The Bertz CT molecular complexity index is 769. The number of nitrogen functional groups attached to an aromatic ring is 1. The molecule has 2 aliphatic carbocycles. The van der Waals surface area contributed by atoms with Gasteiger partial charge >= 0.3 is 0 Å². The highest BCUT2D eigenvalue weighted by Gasteiger charge is 2.39. The molecule has 1 fully saturated rings. The Labute approximate surface area is 156 Å². The molecule has 0 amide bonds. The number of nitrogens with two attached hydrogens (primary N) is 1. The Hall–Kier alpha value is -2.16. The van der Waals surface area contributed by atoms with Gasteiger partial charge < -0.3 is 15.2 Å². The first kappa shape index (κ1) is 17.3. The number of methoxy groups -OCH3 is 2. The van der Waals surface area contributed by atoms with Crippen molar-refractivity contribution in [2.24, 2.45) is 11.8 Å². The largest absolute Gasteiger partial charge is 0.497 e. The molecule has 0 aliphatic heterocycles. The van der Waals surface area contributed by atoms with Gasteiger partial charge in [0.15, 0.2) is 0 Å². The van der Waals surface area contributed by atoms with Crippen molar-refractivity contribution in [1.29, 1.82) is 0 Å². The molecular formula is C23H29NO2. The summed E-state index contributed by atoms with van der Waals surface area (Å²) in [7, 11) is 3.43. The SMILES string of the molecule is COc1ccc(C[C@@H]2Cc3ccc(OC)c(N)c3[C@@H]3CCCC[C@H]23)cc1. The second kappa shape index (κ2) is 7.22. The molecule has 0 radical (unpaired) electrons. The summed E-state index contributed by atoms with van der Waals surface area (Å²) in [6.45, 7) is 0.